The molecule has 0 bridgehead atoms. The van der Waals surface area contributed by atoms with Crippen molar-refractivity contribution in [2.24, 2.45) is 0 Å². The lowest BCUT2D eigenvalue weighted by Gasteiger charge is -2.32. The molecule has 1 fully saturated rings. The molecule has 216 valence electrons. The Labute approximate surface area is 252 Å². The van der Waals surface area contributed by atoms with Gasteiger partial charge in [0.2, 0.25) is 0 Å². The Kier molecular flexibility index (Phi) is 8.41. The molecule has 0 spiro atoms. The summed E-state index contributed by atoms with van der Waals surface area (Å²) in [6.45, 7) is 14.4. The molecule has 4 aromatic rings. The minimum atomic E-state index is -0.455. The fourth-order valence-corrected chi connectivity index (χ4v) is 5.07. The molecule has 0 saturated carbocycles. The maximum atomic E-state index is 6.32. The van der Waals surface area contributed by atoms with E-state index >= 15 is 0 Å². The van der Waals surface area contributed by atoms with Crippen LogP contribution in [0.15, 0.2) is 103 Å². The smallest absolute Gasteiger partial charge is 0.410 e. The Morgan fingerprint density at radius 3 is 1.76 bits per heavy atom. The summed E-state index contributed by atoms with van der Waals surface area (Å²) in [5, 5.41) is 0. The summed E-state index contributed by atoms with van der Waals surface area (Å²) < 4.78 is 24.5. The maximum Gasteiger partial charge on any atom is 0.494 e. The van der Waals surface area contributed by atoms with Crippen LogP contribution in [0.2, 0.25) is 0 Å². The third-order valence-electron chi connectivity index (χ3n) is 8.00. The number of anilines is 3. The van der Waals surface area contributed by atoms with E-state index in [-0.39, 0.29) is 5.60 Å². The lowest BCUT2D eigenvalue weighted by atomic mass is 9.77. The second-order valence-corrected chi connectivity index (χ2v) is 12.8. The van der Waals surface area contributed by atoms with E-state index in [1.165, 1.54) is 0 Å². The van der Waals surface area contributed by atoms with Gasteiger partial charge in [-0.25, -0.2) is 0 Å². The van der Waals surface area contributed by atoms with Crippen LogP contribution in [0.4, 0.5) is 17.1 Å². The molecule has 0 atom stereocenters. The summed E-state index contributed by atoms with van der Waals surface area (Å²) in [6, 6.07) is 35.9. The Morgan fingerprint density at radius 1 is 0.690 bits per heavy atom. The SMILES string of the molecule is COB(OC(C)(C)C)c1ccc(N(c2ccc(B3OC(C)(C)C(C)(C)O3)cc2)c2ccccc2-c2ccccc2)cc1. The van der Waals surface area contributed by atoms with Crippen molar-refractivity contribution in [3.63, 3.8) is 0 Å². The molecule has 1 heterocycles. The third-order valence-corrected chi connectivity index (χ3v) is 8.00. The number of para-hydroxylation sites is 1. The van der Waals surface area contributed by atoms with Gasteiger partial charge in [0.1, 0.15) is 0 Å². The van der Waals surface area contributed by atoms with Crippen LogP contribution in [-0.2, 0) is 18.6 Å². The fourth-order valence-electron chi connectivity index (χ4n) is 5.07. The van der Waals surface area contributed by atoms with Crippen molar-refractivity contribution in [1.29, 1.82) is 0 Å². The molecule has 7 heteroatoms. The highest BCUT2D eigenvalue weighted by Crippen LogP contribution is 2.41. The van der Waals surface area contributed by atoms with Gasteiger partial charge < -0.3 is 23.5 Å². The van der Waals surface area contributed by atoms with Gasteiger partial charge in [-0.05, 0) is 95.3 Å². The first kappa shape index (κ1) is 30.1. The Morgan fingerprint density at radius 2 is 1.21 bits per heavy atom. The van der Waals surface area contributed by atoms with Gasteiger partial charge in [-0.2, -0.15) is 0 Å². The Balaban J connectivity index is 1.56. The average Bonchev–Trinajstić information content (AvgIpc) is 3.19. The molecule has 5 nitrogen and oxygen atoms in total. The first-order valence-corrected chi connectivity index (χ1v) is 14.6. The number of nitrogens with zero attached hydrogens (tertiary/aromatic N) is 1. The van der Waals surface area contributed by atoms with Gasteiger partial charge in [-0.1, -0.05) is 72.8 Å². The topological polar surface area (TPSA) is 40.2 Å². The highest BCUT2D eigenvalue weighted by atomic mass is 16.7. The fraction of sp³-hybridized carbons (Fsp3) is 0.314. The van der Waals surface area contributed by atoms with Crippen LogP contribution < -0.4 is 15.8 Å². The Bertz CT molecular complexity index is 1470. The molecule has 0 amide bonds. The molecule has 4 aromatic carbocycles. The normalized spacial score (nSPS) is 16.0. The van der Waals surface area contributed by atoms with E-state index in [1.807, 2.05) is 26.8 Å². The molecule has 1 aliphatic heterocycles. The third kappa shape index (κ3) is 6.35. The van der Waals surface area contributed by atoms with E-state index < -0.39 is 25.4 Å². The number of rotatable bonds is 8. The van der Waals surface area contributed by atoms with Crippen LogP contribution in [-0.4, -0.2) is 38.1 Å². The first-order chi connectivity index (χ1) is 19.9. The number of hydrogen-bond acceptors (Lipinski definition) is 5. The predicted octanol–water partition coefficient (Wildman–Crippen LogP) is 7.28. The zero-order valence-corrected chi connectivity index (χ0v) is 26.0. The molecule has 0 aromatic heterocycles. The molecule has 1 aliphatic rings. The Hall–Kier alpha value is -3.35. The zero-order chi connectivity index (χ0) is 30.1. The number of hydrogen-bond donors (Lipinski definition) is 0. The van der Waals surface area contributed by atoms with Crippen LogP contribution >= 0.6 is 0 Å². The molecule has 0 aliphatic carbocycles. The molecule has 0 N–H and O–H groups in total. The first-order valence-electron chi connectivity index (χ1n) is 14.6. The van der Waals surface area contributed by atoms with Gasteiger partial charge in [0.05, 0.1) is 16.9 Å². The summed E-state index contributed by atoms with van der Waals surface area (Å²) in [6.07, 6.45) is 0. The zero-order valence-electron chi connectivity index (χ0n) is 26.0. The summed E-state index contributed by atoms with van der Waals surface area (Å²) in [5.41, 5.74) is 6.26. The summed E-state index contributed by atoms with van der Waals surface area (Å²) in [4.78, 5) is 2.28. The average molecular weight is 561 g/mol. The van der Waals surface area contributed by atoms with E-state index in [0.717, 1.165) is 39.1 Å². The van der Waals surface area contributed by atoms with Gasteiger partial charge in [-0.15, -0.1) is 0 Å². The van der Waals surface area contributed by atoms with Gasteiger partial charge in [0.15, 0.2) is 0 Å². The number of benzene rings is 4. The van der Waals surface area contributed by atoms with Crippen molar-refractivity contribution < 1.29 is 18.6 Å². The predicted molar refractivity (Wildman–Crippen MR) is 176 cm³/mol. The minimum absolute atomic E-state index is 0.334. The van der Waals surface area contributed by atoms with E-state index in [2.05, 4.69) is 130 Å². The van der Waals surface area contributed by atoms with Gasteiger partial charge in [0, 0.05) is 29.6 Å². The lowest BCUT2D eigenvalue weighted by Crippen LogP contribution is -2.41. The molecule has 0 unspecified atom stereocenters. The monoisotopic (exact) mass is 561 g/mol. The molecule has 42 heavy (non-hydrogen) atoms. The quantitative estimate of drug-likeness (QED) is 0.212. The van der Waals surface area contributed by atoms with Crippen LogP contribution in [0.3, 0.4) is 0 Å². The van der Waals surface area contributed by atoms with E-state index in [1.54, 1.807) is 7.11 Å². The molecular weight excluding hydrogens is 520 g/mol. The van der Waals surface area contributed by atoms with Crippen LogP contribution in [0.1, 0.15) is 48.5 Å². The van der Waals surface area contributed by atoms with Gasteiger partial charge in [-0.3, -0.25) is 0 Å². The second kappa shape index (κ2) is 11.7. The largest absolute Gasteiger partial charge is 0.494 e. The maximum absolute atomic E-state index is 6.32. The molecule has 0 radical (unpaired) electrons. The highest BCUT2D eigenvalue weighted by molar-refractivity contribution is 6.62. The molecule has 5 rings (SSSR count). The standard InChI is InChI=1S/C35H41B2NO4/c1-33(2,3)40-36(39-8)27-18-22-29(23-19-27)38(32-17-13-12-16-31(32)26-14-10-9-11-15-26)30-24-20-28(21-25-30)37-41-34(4,5)35(6,7)42-37/h9-25H,1-8H3. The summed E-state index contributed by atoms with van der Waals surface area (Å²) >= 11 is 0. The van der Waals surface area contributed by atoms with Crippen molar-refractivity contribution in [2.45, 2.75) is 65.3 Å². The minimum Gasteiger partial charge on any atom is -0.410 e. The van der Waals surface area contributed by atoms with Crippen molar-refractivity contribution >= 4 is 42.2 Å². The summed E-state index contributed by atoms with van der Waals surface area (Å²) in [5.74, 6) is 0. The lowest BCUT2D eigenvalue weighted by molar-refractivity contribution is 0.00578. The van der Waals surface area contributed by atoms with Crippen LogP contribution in [0.25, 0.3) is 11.1 Å². The van der Waals surface area contributed by atoms with Crippen molar-refractivity contribution in [2.75, 3.05) is 12.0 Å². The van der Waals surface area contributed by atoms with Crippen LogP contribution in [0, 0.1) is 0 Å². The van der Waals surface area contributed by atoms with Gasteiger partial charge >= 0.3 is 14.2 Å². The van der Waals surface area contributed by atoms with E-state index in [4.69, 9.17) is 18.6 Å². The molecular formula is C35H41B2NO4. The van der Waals surface area contributed by atoms with Crippen molar-refractivity contribution in [1.82, 2.24) is 0 Å². The van der Waals surface area contributed by atoms with Crippen molar-refractivity contribution in [3.05, 3.63) is 103 Å². The molecule has 1 saturated heterocycles. The van der Waals surface area contributed by atoms with Crippen LogP contribution in [0.5, 0.6) is 0 Å². The van der Waals surface area contributed by atoms with E-state index in [9.17, 15) is 0 Å². The second-order valence-electron chi connectivity index (χ2n) is 12.8. The summed E-state index contributed by atoms with van der Waals surface area (Å²) in [7, 11) is 0.805. The van der Waals surface area contributed by atoms with E-state index in [0.29, 0.717) is 0 Å². The van der Waals surface area contributed by atoms with Crippen molar-refractivity contribution in [3.8, 4) is 11.1 Å². The van der Waals surface area contributed by atoms with Gasteiger partial charge in [0.25, 0.3) is 0 Å². The highest BCUT2D eigenvalue weighted by Gasteiger charge is 2.51.